The van der Waals surface area contributed by atoms with Gasteiger partial charge in [0.05, 0.1) is 0 Å². The SMILES string of the molecule is CCN(CC1CC1)c1cc(Cl)ccc1CC(C)N. The van der Waals surface area contributed by atoms with Crippen LogP contribution in [0.2, 0.25) is 5.02 Å². The fraction of sp³-hybridized carbons (Fsp3) is 0.600. The van der Waals surface area contributed by atoms with Gasteiger partial charge in [0.15, 0.2) is 0 Å². The van der Waals surface area contributed by atoms with Crippen molar-refractivity contribution in [3.63, 3.8) is 0 Å². The second-order valence-electron chi connectivity index (χ2n) is 5.44. The summed E-state index contributed by atoms with van der Waals surface area (Å²) in [6.45, 7) is 6.44. The molecule has 2 N–H and O–H groups in total. The minimum absolute atomic E-state index is 0.185. The monoisotopic (exact) mass is 266 g/mol. The van der Waals surface area contributed by atoms with Crippen molar-refractivity contribution in [3.05, 3.63) is 28.8 Å². The Morgan fingerprint density at radius 1 is 1.44 bits per heavy atom. The topological polar surface area (TPSA) is 29.3 Å². The zero-order chi connectivity index (χ0) is 13.1. The lowest BCUT2D eigenvalue weighted by Gasteiger charge is -2.26. The van der Waals surface area contributed by atoms with E-state index in [1.807, 2.05) is 6.07 Å². The van der Waals surface area contributed by atoms with Crippen molar-refractivity contribution in [3.8, 4) is 0 Å². The second kappa shape index (κ2) is 5.94. The number of anilines is 1. The molecule has 0 aliphatic heterocycles. The molecule has 0 radical (unpaired) electrons. The number of hydrogen-bond acceptors (Lipinski definition) is 2. The minimum atomic E-state index is 0.185. The lowest BCUT2D eigenvalue weighted by Crippen LogP contribution is -2.27. The van der Waals surface area contributed by atoms with E-state index < -0.39 is 0 Å². The van der Waals surface area contributed by atoms with Crippen molar-refractivity contribution >= 4 is 17.3 Å². The van der Waals surface area contributed by atoms with Crippen LogP contribution in [-0.2, 0) is 6.42 Å². The van der Waals surface area contributed by atoms with Crippen LogP contribution in [0, 0.1) is 5.92 Å². The fourth-order valence-corrected chi connectivity index (χ4v) is 2.53. The molecule has 1 atom stereocenters. The quantitative estimate of drug-likeness (QED) is 0.854. The molecule has 2 nitrogen and oxygen atoms in total. The van der Waals surface area contributed by atoms with E-state index in [1.54, 1.807) is 0 Å². The van der Waals surface area contributed by atoms with Crippen molar-refractivity contribution in [2.45, 2.75) is 39.2 Å². The molecule has 0 saturated heterocycles. The number of nitrogens with zero attached hydrogens (tertiary/aromatic N) is 1. The Balaban J connectivity index is 2.23. The summed E-state index contributed by atoms with van der Waals surface area (Å²) in [4.78, 5) is 2.45. The first-order valence-electron chi connectivity index (χ1n) is 6.89. The fourth-order valence-electron chi connectivity index (χ4n) is 2.36. The molecule has 2 rings (SSSR count). The molecule has 0 heterocycles. The predicted molar refractivity (Wildman–Crippen MR) is 79.4 cm³/mol. The van der Waals surface area contributed by atoms with Crippen molar-refractivity contribution in [2.24, 2.45) is 11.7 Å². The Labute approximate surface area is 115 Å². The summed E-state index contributed by atoms with van der Waals surface area (Å²) < 4.78 is 0. The maximum absolute atomic E-state index is 6.15. The van der Waals surface area contributed by atoms with Gasteiger partial charge in [-0.05, 0) is 56.7 Å². The summed E-state index contributed by atoms with van der Waals surface area (Å²) in [6, 6.07) is 6.36. The van der Waals surface area contributed by atoms with Crippen LogP contribution in [0.4, 0.5) is 5.69 Å². The first kappa shape index (κ1) is 13.7. The Morgan fingerprint density at radius 3 is 2.72 bits per heavy atom. The largest absolute Gasteiger partial charge is 0.371 e. The summed E-state index contributed by atoms with van der Waals surface area (Å²) >= 11 is 6.15. The molecule has 18 heavy (non-hydrogen) atoms. The molecule has 1 aliphatic rings. The third kappa shape index (κ3) is 3.63. The zero-order valence-corrected chi connectivity index (χ0v) is 12.1. The van der Waals surface area contributed by atoms with E-state index in [2.05, 4.69) is 30.9 Å². The molecule has 0 aromatic heterocycles. The van der Waals surface area contributed by atoms with Gasteiger partial charge in [-0.2, -0.15) is 0 Å². The van der Waals surface area contributed by atoms with Crippen LogP contribution >= 0.6 is 11.6 Å². The molecular weight excluding hydrogens is 244 g/mol. The summed E-state index contributed by atoms with van der Waals surface area (Å²) in [5.74, 6) is 0.882. The lowest BCUT2D eigenvalue weighted by molar-refractivity contribution is 0.713. The zero-order valence-electron chi connectivity index (χ0n) is 11.3. The molecule has 1 aliphatic carbocycles. The molecule has 100 valence electrons. The third-order valence-corrected chi connectivity index (χ3v) is 3.72. The molecule has 1 fully saturated rings. The van der Waals surface area contributed by atoms with Gasteiger partial charge in [-0.25, -0.2) is 0 Å². The van der Waals surface area contributed by atoms with Crippen molar-refractivity contribution in [2.75, 3.05) is 18.0 Å². The first-order chi connectivity index (χ1) is 8.60. The average molecular weight is 267 g/mol. The first-order valence-corrected chi connectivity index (χ1v) is 7.27. The van der Waals surface area contributed by atoms with Crippen LogP contribution in [0.25, 0.3) is 0 Å². The Bertz CT molecular complexity index is 399. The molecule has 0 spiro atoms. The molecule has 1 unspecified atom stereocenters. The standard InChI is InChI=1S/C15H23ClN2/c1-3-18(10-12-4-5-12)15-9-14(16)7-6-13(15)8-11(2)17/h6-7,9,11-12H,3-5,8,10,17H2,1-2H3. The van der Waals surface area contributed by atoms with E-state index in [-0.39, 0.29) is 6.04 Å². The van der Waals surface area contributed by atoms with Gasteiger partial charge in [0, 0.05) is 29.8 Å². The van der Waals surface area contributed by atoms with Crippen molar-refractivity contribution in [1.29, 1.82) is 0 Å². The average Bonchev–Trinajstić information content (AvgIpc) is 3.12. The van der Waals surface area contributed by atoms with Gasteiger partial charge in [-0.15, -0.1) is 0 Å². The van der Waals surface area contributed by atoms with E-state index >= 15 is 0 Å². The number of hydrogen-bond donors (Lipinski definition) is 1. The van der Waals surface area contributed by atoms with E-state index in [1.165, 1.54) is 24.1 Å². The maximum atomic E-state index is 6.15. The van der Waals surface area contributed by atoms with Crippen LogP contribution in [0.5, 0.6) is 0 Å². The predicted octanol–water partition coefficient (Wildman–Crippen LogP) is 3.47. The second-order valence-corrected chi connectivity index (χ2v) is 5.87. The lowest BCUT2D eigenvalue weighted by atomic mass is 10.0. The molecule has 3 heteroatoms. The van der Waals surface area contributed by atoms with Crippen LogP contribution in [0.3, 0.4) is 0 Å². The van der Waals surface area contributed by atoms with Crippen LogP contribution in [0.1, 0.15) is 32.3 Å². The Hall–Kier alpha value is -0.730. The molecule has 1 aromatic rings. The third-order valence-electron chi connectivity index (χ3n) is 3.49. The molecular formula is C15H23ClN2. The van der Waals surface area contributed by atoms with Gasteiger partial charge in [0.25, 0.3) is 0 Å². The highest BCUT2D eigenvalue weighted by Crippen LogP contribution is 2.33. The molecule has 1 saturated carbocycles. The van der Waals surface area contributed by atoms with E-state index in [0.29, 0.717) is 0 Å². The highest BCUT2D eigenvalue weighted by atomic mass is 35.5. The van der Waals surface area contributed by atoms with Crippen molar-refractivity contribution in [1.82, 2.24) is 0 Å². The summed E-state index contributed by atoms with van der Waals surface area (Å²) in [7, 11) is 0. The van der Waals surface area contributed by atoms with Gasteiger partial charge >= 0.3 is 0 Å². The highest BCUT2D eigenvalue weighted by Gasteiger charge is 2.24. The van der Waals surface area contributed by atoms with Gasteiger partial charge in [-0.1, -0.05) is 17.7 Å². The summed E-state index contributed by atoms with van der Waals surface area (Å²) in [5, 5.41) is 0.813. The van der Waals surface area contributed by atoms with Crippen LogP contribution in [-0.4, -0.2) is 19.1 Å². The normalized spacial score (nSPS) is 16.7. The highest BCUT2D eigenvalue weighted by molar-refractivity contribution is 6.30. The van der Waals surface area contributed by atoms with Gasteiger partial charge in [0.2, 0.25) is 0 Å². The number of halogens is 1. The van der Waals surface area contributed by atoms with Gasteiger partial charge in [0.1, 0.15) is 0 Å². The summed E-state index contributed by atoms with van der Waals surface area (Å²) in [6.07, 6.45) is 3.66. The molecule has 0 bridgehead atoms. The number of nitrogens with two attached hydrogens (primary N) is 1. The number of benzene rings is 1. The van der Waals surface area contributed by atoms with Gasteiger partial charge in [-0.3, -0.25) is 0 Å². The minimum Gasteiger partial charge on any atom is -0.371 e. The molecule has 1 aromatic carbocycles. The van der Waals surface area contributed by atoms with Crippen LogP contribution in [0.15, 0.2) is 18.2 Å². The Morgan fingerprint density at radius 2 is 2.17 bits per heavy atom. The smallest absolute Gasteiger partial charge is 0.0426 e. The number of rotatable bonds is 6. The molecule has 0 amide bonds. The maximum Gasteiger partial charge on any atom is 0.0426 e. The van der Waals surface area contributed by atoms with E-state index in [9.17, 15) is 0 Å². The van der Waals surface area contributed by atoms with Crippen molar-refractivity contribution < 1.29 is 0 Å². The van der Waals surface area contributed by atoms with Crippen LogP contribution < -0.4 is 10.6 Å². The summed E-state index contributed by atoms with van der Waals surface area (Å²) in [5.41, 5.74) is 8.52. The van der Waals surface area contributed by atoms with E-state index in [0.717, 1.165) is 30.5 Å². The van der Waals surface area contributed by atoms with Gasteiger partial charge < -0.3 is 10.6 Å². The van der Waals surface area contributed by atoms with E-state index in [4.69, 9.17) is 17.3 Å². The Kier molecular flexibility index (Phi) is 4.52.